The molecule has 0 saturated carbocycles. The lowest BCUT2D eigenvalue weighted by Crippen LogP contribution is -2.19. The monoisotopic (exact) mass is 327 g/mol. The van der Waals surface area contributed by atoms with Gasteiger partial charge in [-0.05, 0) is 45.0 Å². The minimum Gasteiger partial charge on any atom is -0.338 e. The molecule has 19 heavy (non-hydrogen) atoms. The van der Waals surface area contributed by atoms with E-state index < -0.39 is 0 Å². The molecule has 0 atom stereocenters. The van der Waals surface area contributed by atoms with Crippen molar-refractivity contribution in [1.82, 2.24) is 0 Å². The molecule has 0 bridgehead atoms. The second-order valence-electron chi connectivity index (χ2n) is 4.82. The number of nitrogens with one attached hydrogen (secondary N) is 1. The number of anilines is 1. The van der Waals surface area contributed by atoms with Gasteiger partial charge in [-0.2, -0.15) is 4.89 Å². The van der Waals surface area contributed by atoms with E-state index in [9.17, 15) is 4.79 Å². The fourth-order valence-corrected chi connectivity index (χ4v) is 1.16. The molecule has 0 radical (unpaired) electrons. The molecular formula is C14H18BrNO3. The first-order valence-electron chi connectivity index (χ1n) is 5.83. The highest BCUT2D eigenvalue weighted by Gasteiger charge is 2.13. The molecule has 0 spiro atoms. The Kier molecular flexibility index (Phi) is 5.57. The van der Waals surface area contributed by atoms with Crippen molar-refractivity contribution in [2.24, 2.45) is 0 Å². The average Bonchev–Trinajstić information content (AvgIpc) is 2.29. The fourth-order valence-electron chi connectivity index (χ4n) is 1.07. The predicted molar refractivity (Wildman–Crippen MR) is 79.5 cm³/mol. The first-order valence-corrected chi connectivity index (χ1v) is 6.62. The average molecular weight is 328 g/mol. The Morgan fingerprint density at radius 3 is 2.42 bits per heavy atom. The van der Waals surface area contributed by atoms with Crippen LogP contribution < -0.4 is 10.2 Å². The van der Waals surface area contributed by atoms with Gasteiger partial charge in [0, 0.05) is 15.6 Å². The molecular weight excluding hydrogens is 310 g/mol. The summed E-state index contributed by atoms with van der Waals surface area (Å²) in [4.78, 5) is 21.6. The largest absolute Gasteiger partial charge is 0.338 e. The van der Waals surface area contributed by atoms with E-state index in [4.69, 9.17) is 9.78 Å². The maximum atomic E-state index is 11.4. The first kappa shape index (κ1) is 15.7. The number of halogens is 1. The van der Waals surface area contributed by atoms with E-state index in [1.165, 1.54) is 0 Å². The Hall–Kier alpha value is -1.33. The highest BCUT2D eigenvalue weighted by atomic mass is 79.9. The molecule has 1 aromatic carbocycles. The van der Waals surface area contributed by atoms with Crippen molar-refractivity contribution in [3.05, 3.63) is 36.4 Å². The molecule has 104 valence electrons. The number of benzene rings is 1. The summed E-state index contributed by atoms with van der Waals surface area (Å²) in [7, 11) is 0. The van der Waals surface area contributed by atoms with E-state index in [-0.39, 0.29) is 10.2 Å². The summed E-state index contributed by atoms with van der Waals surface area (Å²) in [6, 6.07) is 6.90. The molecule has 1 N–H and O–H groups in total. The Morgan fingerprint density at radius 1 is 1.37 bits per heavy atom. The summed E-state index contributed by atoms with van der Waals surface area (Å²) in [5.41, 5.74) is 1.14. The van der Waals surface area contributed by atoms with Crippen molar-refractivity contribution in [3.63, 3.8) is 0 Å². The standard InChI is InChI=1S/C14H18BrNO3/c1-10(2)13(17)16-11-5-7-12(8-6-11)19-18-9-14(3,4)15/h5-8H,1,9H2,2-4H3,(H,16,17). The third-order valence-corrected chi connectivity index (χ3v) is 2.29. The number of carbonyl (C=O) groups excluding carboxylic acids is 1. The van der Waals surface area contributed by atoms with Crippen molar-refractivity contribution in [2.75, 3.05) is 11.9 Å². The third kappa shape index (κ3) is 6.40. The summed E-state index contributed by atoms with van der Waals surface area (Å²) in [6.07, 6.45) is 0. The number of hydrogen-bond acceptors (Lipinski definition) is 3. The van der Waals surface area contributed by atoms with Crippen molar-refractivity contribution >= 4 is 27.5 Å². The maximum absolute atomic E-state index is 11.4. The molecule has 1 amide bonds. The summed E-state index contributed by atoms with van der Waals surface area (Å²) in [6.45, 7) is 9.60. The molecule has 5 heteroatoms. The van der Waals surface area contributed by atoms with Gasteiger partial charge in [-0.1, -0.05) is 22.5 Å². The lowest BCUT2D eigenvalue weighted by Gasteiger charge is -2.15. The SMILES string of the molecule is C=C(C)C(=O)Nc1ccc(OOCC(C)(C)Br)cc1. The number of hydrogen-bond donors (Lipinski definition) is 1. The van der Waals surface area contributed by atoms with E-state index in [2.05, 4.69) is 27.8 Å². The van der Waals surface area contributed by atoms with Crippen LogP contribution in [-0.4, -0.2) is 16.8 Å². The van der Waals surface area contributed by atoms with Gasteiger partial charge in [0.15, 0.2) is 5.75 Å². The highest BCUT2D eigenvalue weighted by Crippen LogP contribution is 2.19. The Morgan fingerprint density at radius 2 is 1.95 bits per heavy atom. The van der Waals surface area contributed by atoms with E-state index >= 15 is 0 Å². The van der Waals surface area contributed by atoms with Crippen LogP contribution in [0.5, 0.6) is 5.75 Å². The Bertz CT molecular complexity index is 449. The fraction of sp³-hybridized carbons (Fsp3) is 0.357. The van der Waals surface area contributed by atoms with Crippen LogP contribution in [-0.2, 0) is 9.68 Å². The molecule has 1 aromatic rings. The van der Waals surface area contributed by atoms with Crippen LogP contribution in [0.3, 0.4) is 0 Å². The Labute approximate surface area is 121 Å². The molecule has 0 saturated heterocycles. The zero-order valence-corrected chi connectivity index (χ0v) is 12.9. The lowest BCUT2D eigenvalue weighted by molar-refractivity contribution is -0.210. The van der Waals surface area contributed by atoms with Gasteiger partial charge < -0.3 is 10.2 Å². The molecule has 0 aliphatic heterocycles. The topological polar surface area (TPSA) is 47.6 Å². The van der Waals surface area contributed by atoms with Gasteiger partial charge in [0.05, 0.1) is 0 Å². The van der Waals surface area contributed by atoms with Crippen LogP contribution in [0.25, 0.3) is 0 Å². The molecule has 0 heterocycles. The normalized spacial score (nSPS) is 10.9. The lowest BCUT2D eigenvalue weighted by atomic mass is 10.2. The maximum Gasteiger partial charge on any atom is 0.250 e. The third-order valence-electron chi connectivity index (χ3n) is 2.06. The van der Waals surface area contributed by atoms with Gasteiger partial charge in [0.25, 0.3) is 5.91 Å². The van der Waals surface area contributed by atoms with Crippen LogP contribution in [0.15, 0.2) is 36.4 Å². The first-order chi connectivity index (χ1) is 8.78. The summed E-state index contributed by atoms with van der Waals surface area (Å²) >= 11 is 3.44. The summed E-state index contributed by atoms with van der Waals surface area (Å²) in [5.74, 6) is 0.371. The molecule has 0 aromatic heterocycles. The number of carbonyl (C=O) groups is 1. The van der Waals surface area contributed by atoms with Gasteiger partial charge in [-0.3, -0.25) is 4.79 Å². The van der Waals surface area contributed by atoms with E-state index in [1.807, 2.05) is 13.8 Å². The zero-order valence-electron chi connectivity index (χ0n) is 11.3. The van der Waals surface area contributed by atoms with Crippen LogP contribution in [0, 0.1) is 0 Å². The Balaban J connectivity index is 2.48. The van der Waals surface area contributed by atoms with Crippen molar-refractivity contribution in [1.29, 1.82) is 0 Å². The second kappa shape index (κ2) is 6.73. The minimum absolute atomic E-state index is 0.137. The molecule has 0 aliphatic carbocycles. The van der Waals surface area contributed by atoms with E-state index in [1.54, 1.807) is 31.2 Å². The number of rotatable bonds is 6. The molecule has 0 fully saturated rings. The van der Waals surface area contributed by atoms with Crippen molar-refractivity contribution in [3.8, 4) is 5.75 Å². The van der Waals surface area contributed by atoms with Crippen LogP contribution >= 0.6 is 15.9 Å². The predicted octanol–water partition coefficient (Wildman–Crippen LogP) is 3.69. The van der Waals surface area contributed by atoms with Gasteiger partial charge in [0.2, 0.25) is 0 Å². The quantitative estimate of drug-likeness (QED) is 0.375. The van der Waals surface area contributed by atoms with Gasteiger partial charge in [0.1, 0.15) is 6.61 Å². The van der Waals surface area contributed by atoms with Crippen molar-refractivity contribution < 1.29 is 14.6 Å². The van der Waals surface area contributed by atoms with E-state index in [0.717, 1.165) is 0 Å². The molecule has 0 aliphatic rings. The molecule has 0 unspecified atom stereocenters. The van der Waals surface area contributed by atoms with Gasteiger partial charge in [-0.25, -0.2) is 0 Å². The molecule has 4 nitrogen and oxygen atoms in total. The van der Waals surface area contributed by atoms with Crippen LogP contribution in [0.1, 0.15) is 20.8 Å². The minimum atomic E-state index is -0.203. The van der Waals surface area contributed by atoms with Gasteiger partial charge >= 0.3 is 0 Å². The van der Waals surface area contributed by atoms with Crippen LogP contribution in [0.2, 0.25) is 0 Å². The summed E-state index contributed by atoms with van der Waals surface area (Å²) in [5, 5.41) is 2.71. The zero-order chi connectivity index (χ0) is 14.5. The van der Waals surface area contributed by atoms with Gasteiger partial charge in [-0.15, -0.1) is 0 Å². The van der Waals surface area contributed by atoms with Crippen LogP contribution in [0.4, 0.5) is 5.69 Å². The van der Waals surface area contributed by atoms with Crippen molar-refractivity contribution in [2.45, 2.75) is 25.1 Å². The van der Waals surface area contributed by atoms with E-state index in [0.29, 0.717) is 23.6 Å². The second-order valence-corrected chi connectivity index (χ2v) is 6.97. The number of alkyl halides is 1. The molecule has 1 rings (SSSR count). The smallest absolute Gasteiger partial charge is 0.250 e. The highest BCUT2D eigenvalue weighted by molar-refractivity contribution is 9.10. The number of amides is 1. The summed E-state index contributed by atoms with van der Waals surface area (Å²) < 4.78 is -0.137.